The minimum atomic E-state index is -0.282. The minimum Gasteiger partial charge on any atom is -0.340 e. The number of piperidine rings is 1. The SMILES string of the molecule is CN1CCC[C@H](c2nc(Nc3cccc(F)c3)cc(-c3cccnc3)n2)C1. The Bertz CT molecular complexity index is 915. The first-order chi connectivity index (χ1) is 13.2. The van der Waals surface area contributed by atoms with Gasteiger partial charge in [-0.1, -0.05) is 6.07 Å². The number of halogens is 1. The van der Waals surface area contributed by atoms with Gasteiger partial charge >= 0.3 is 0 Å². The molecule has 0 spiro atoms. The molecule has 27 heavy (non-hydrogen) atoms. The van der Waals surface area contributed by atoms with E-state index in [0.29, 0.717) is 11.5 Å². The van der Waals surface area contributed by atoms with Crippen LogP contribution in [0.5, 0.6) is 0 Å². The topological polar surface area (TPSA) is 53.9 Å². The standard InChI is InChI=1S/C21H22FN5/c1-27-10-4-6-16(14-27)21-25-19(15-5-3-9-23-13-15)12-20(26-21)24-18-8-2-7-17(22)11-18/h2-3,5,7-9,11-13,16H,4,6,10,14H2,1H3,(H,24,25,26)/t16-/m0/s1. The van der Waals surface area contributed by atoms with Crippen LogP contribution in [0.3, 0.4) is 0 Å². The molecule has 1 N–H and O–H groups in total. The summed E-state index contributed by atoms with van der Waals surface area (Å²) in [5.41, 5.74) is 2.42. The molecular formula is C21H22FN5. The maximum atomic E-state index is 13.5. The zero-order chi connectivity index (χ0) is 18.6. The van der Waals surface area contributed by atoms with Crippen LogP contribution < -0.4 is 5.32 Å². The lowest BCUT2D eigenvalue weighted by atomic mass is 9.97. The summed E-state index contributed by atoms with van der Waals surface area (Å²) in [6.45, 7) is 2.04. The van der Waals surface area contributed by atoms with Gasteiger partial charge in [0.15, 0.2) is 0 Å². The molecule has 2 aromatic heterocycles. The van der Waals surface area contributed by atoms with Gasteiger partial charge < -0.3 is 10.2 Å². The quantitative estimate of drug-likeness (QED) is 0.752. The molecule has 1 aliphatic heterocycles. The Morgan fingerprint density at radius 1 is 1.15 bits per heavy atom. The zero-order valence-electron chi connectivity index (χ0n) is 15.3. The summed E-state index contributed by atoms with van der Waals surface area (Å²) in [7, 11) is 2.13. The number of likely N-dealkylation sites (tertiary alicyclic amines) is 1. The maximum absolute atomic E-state index is 13.5. The monoisotopic (exact) mass is 363 g/mol. The molecule has 3 aromatic rings. The normalized spacial score (nSPS) is 17.6. The fourth-order valence-corrected chi connectivity index (χ4v) is 3.47. The van der Waals surface area contributed by atoms with E-state index in [0.717, 1.165) is 43.0 Å². The van der Waals surface area contributed by atoms with Gasteiger partial charge in [0.1, 0.15) is 17.5 Å². The van der Waals surface area contributed by atoms with Crippen LogP contribution in [-0.2, 0) is 0 Å². The largest absolute Gasteiger partial charge is 0.340 e. The number of hydrogen-bond donors (Lipinski definition) is 1. The zero-order valence-corrected chi connectivity index (χ0v) is 15.3. The maximum Gasteiger partial charge on any atom is 0.135 e. The van der Waals surface area contributed by atoms with E-state index < -0.39 is 0 Å². The molecule has 6 heteroatoms. The lowest BCUT2D eigenvalue weighted by molar-refractivity contribution is 0.246. The number of pyridine rings is 1. The second-order valence-corrected chi connectivity index (χ2v) is 6.98. The average Bonchev–Trinajstić information content (AvgIpc) is 2.68. The Morgan fingerprint density at radius 3 is 2.85 bits per heavy atom. The Kier molecular flexibility index (Phi) is 5.07. The highest BCUT2D eigenvalue weighted by Gasteiger charge is 2.22. The van der Waals surface area contributed by atoms with Crippen LogP contribution in [0.25, 0.3) is 11.3 Å². The number of anilines is 2. The van der Waals surface area contributed by atoms with E-state index in [1.165, 1.54) is 12.1 Å². The fourth-order valence-electron chi connectivity index (χ4n) is 3.47. The first-order valence-corrected chi connectivity index (χ1v) is 9.18. The molecule has 0 aliphatic carbocycles. The predicted octanol–water partition coefficient (Wildman–Crippen LogP) is 4.23. The minimum absolute atomic E-state index is 0.282. The van der Waals surface area contributed by atoms with Gasteiger partial charge in [0.2, 0.25) is 0 Å². The van der Waals surface area contributed by atoms with E-state index in [2.05, 4.69) is 22.2 Å². The molecule has 138 valence electrons. The first-order valence-electron chi connectivity index (χ1n) is 9.18. The van der Waals surface area contributed by atoms with Crippen LogP contribution in [0.1, 0.15) is 24.6 Å². The fraction of sp³-hybridized carbons (Fsp3) is 0.286. The van der Waals surface area contributed by atoms with Crippen molar-refractivity contribution in [2.45, 2.75) is 18.8 Å². The third-order valence-electron chi connectivity index (χ3n) is 4.79. The van der Waals surface area contributed by atoms with Crippen molar-refractivity contribution in [2.75, 3.05) is 25.5 Å². The number of aromatic nitrogens is 3. The number of likely N-dealkylation sites (N-methyl/N-ethyl adjacent to an activating group) is 1. The van der Waals surface area contributed by atoms with E-state index in [-0.39, 0.29) is 11.7 Å². The molecule has 1 aliphatic rings. The van der Waals surface area contributed by atoms with E-state index >= 15 is 0 Å². The average molecular weight is 363 g/mol. The van der Waals surface area contributed by atoms with Gasteiger partial charge in [0.25, 0.3) is 0 Å². The van der Waals surface area contributed by atoms with Crippen molar-refractivity contribution in [1.29, 1.82) is 0 Å². The van der Waals surface area contributed by atoms with E-state index in [1.807, 2.05) is 24.3 Å². The van der Waals surface area contributed by atoms with Crippen LogP contribution in [-0.4, -0.2) is 40.0 Å². The molecule has 0 amide bonds. The van der Waals surface area contributed by atoms with Crippen molar-refractivity contribution in [2.24, 2.45) is 0 Å². The highest BCUT2D eigenvalue weighted by atomic mass is 19.1. The van der Waals surface area contributed by atoms with Crippen molar-refractivity contribution in [3.05, 3.63) is 66.5 Å². The first kappa shape index (κ1) is 17.5. The van der Waals surface area contributed by atoms with Crippen molar-refractivity contribution in [1.82, 2.24) is 19.9 Å². The van der Waals surface area contributed by atoms with Gasteiger partial charge in [-0.15, -0.1) is 0 Å². The summed E-state index contributed by atoms with van der Waals surface area (Å²) in [5.74, 6) is 1.49. The molecule has 0 unspecified atom stereocenters. The summed E-state index contributed by atoms with van der Waals surface area (Å²) in [6.07, 6.45) is 5.74. The lowest BCUT2D eigenvalue weighted by Gasteiger charge is -2.29. The molecule has 1 saturated heterocycles. The summed E-state index contributed by atoms with van der Waals surface area (Å²) in [4.78, 5) is 16.1. The lowest BCUT2D eigenvalue weighted by Crippen LogP contribution is -2.31. The van der Waals surface area contributed by atoms with Crippen molar-refractivity contribution < 1.29 is 4.39 Å². The van der Waals surface area contributed by atoms with Crippen molar-refractivity contribution >= 4 is 11.5 Å². The third kappa shape index (κ3) is 4.28. The van der Waals surface area contributed by atoms with Gasteiger partial charge in [-0.05, 0) is 56.8 Å². The molecular weight excluding hydrogens is 341 g/mol. The van der Waals surface area contributed by atoms with Gasteiger partial charge in [0.05, 0.1) is 5.69 Å². The number of nitrogens with one attached hydrogen (secondary N) is 1. The molecule has 0 radical (unpaired) electrons. The Morgan fingerprint density at radius 2 is 2.07 bits per heavy atom. The molecule has 5 nitrogen and oxygen atoms in total. The van der Waals surface area contributed by atoms with Crippen LogP contribution in [0, 0.1) is 5.82 Å². The molecule has 3 heterocycles. The van der Waals surface area contributed by atoms with Gasteiger partial charge in [0, 0.05) is 42.2 Å². The number of hydrogen-bond acceptors (Lipinski definition) is 5. The smallest absolute Gasteiger partial charge is 0.135 e. The number of rotatable bonds is 4. The number of nitrogens with zero attached hydrogens (tertiary/aromatic N) is 4. The highest BCUT2D eigenvalue weighted by Crippen LogP contribution is 2.28. The van der Waals surface area contributed by atoms with Gasteiger partial charge in [-0.3, -0.25) is 4.98 Å². The van der Waals surface area contributed by atoms with Crippen LogP contribution >= 0.6 is 0 Å². The summed E-state index contributed by atoms with van der Waals surface area (Å²) >= 11 is 0. The Hall–Kier alpha value is -2.86. The Labute approximate surface area is 158 Å². The van der Waals surface area contributed by atoms with Gasteiger partial charge in [-0.25, -0.2) is 14.4 Å². The molecule has 1 atom stereocenters. The summed E-state index contributed by atoms with van der Waals surface area (Å²) in [6, 6.07) is 12.2. The van der Waals surface area contributed by atoms with Gasteiger partial charge in [-0.2, -0.15) is 0 Å². The van der Waals surface area contributed by atoms with E-state index in [9.17, 15) is 4.39 Å². The highest BCUT2D eigenvalue weighted by molar-refractivity contribution is 5.65. The Balaban J connectivity index is 1.72. The van der Waals surface area contributed by atoms with Crippen LogP contribution in [0.2, 0.25) is 0 Å². The second kappa shape index (κ2) is 7.80. The second-order valence-electron chi connectivity index (χ2n) is 6.98. The summed E-state index contributed by atoms with van der Waals surface area (Å²) < 4.78 is 13.5. The van der Waals surface area contributed by atoms with Crippen molar-refractivity contribution in [3.8, 4) is 11.3 Å². The molecule has 4 rings (SSSR count). The van der Waals surface area contributed by atoms with E-state index in [4.69, 9.17) is 9.97 Å². The number of benzene rings is 1. The third-order valence-corrected chi connectivity index (χ3v) is 4.79. The molecule has 1 fully saturated rings. The molecule has 0 saturated carbocycles. The van der Waals surface area contributed by atoms with Crippen molar-refractivity contribution in [3.63, 3.8) is 0 Å². The molecule has 0 bridgehead atoms. The van der Waals surface area contributed by atoms with Crippen LogP contribution in [0.4, 0.5) is 15.9 Å². The van der Waals surface area contributed by atoms with E-state index in [1.54, 1.807) is 18.5 Å². The summed E-state index contributed by atoms with van der Waals surface area (Å²) in [5, 5.41) is 3.22. The van der Waals surface area contributed by atoms with Crippen LogP contribution in [0.15, 0.2) is 54.9 Å². The predicted molar refractivity (Wildman–Crippen MR) is 104 cm³/mol. The molecule has 1 aromatic carbocycles.